The molecule has 0 spiro atoms. The number of nitrogens with zero attached hydrogens (tertiary/aromatic N) is 3. The summed E-state index contributed by atoms with van der Waals surface area (Å²) in [7, 11) is 3.44. The molecule has 7 heteroatoms. The van der Waals surface area contributed by atoms with Crippen LogP contribution < -0.4 is 4.74 Å². The summed E-state index contributed by atoms with van der Waals surface area (Å²) in [6.07, 6.45) is 2.20. The van der Waals surface area contributed by atoms with Gasteiger partial charge >= 0.3 is 5.97 Å². The third-order valence-corrected chi connectivity index (χ3v) is 4.08. The number of aromatic nitrogens is 2. The van der Waals surface area contributed by atoms with Crippen molar-refractivity contribution in [2.75, 3.05) is 27.2 Å². The van der Waals surface area contributed by atoms with Crippen molar-refractivity contribution in [3.05, 3.63) is 41.5 Å². The third kappa shape index (κ3) is 3.91. The van der Waals surface area contributed by atoms with Gasteiger partial charge in [0.1, 0.15) is 5.75 Å². The van der Waals surface area contributed by atoms with E-state index in [4.69, 9.17) is 14.0 Å². The van der Waals surface area contributed by atoms with E-state index in [0.717, 1.165) is 25.9 Å². The molecule has 0 radical (unpaired) electrons. The van der Waals surface area contributed by atoms with E-state index in [1.807, 2.05) is 0 Å². The van der Waals surface area contributed by atoms with Gasteiger partial charge in [0.05, 0.1) is 18.6 Å². The Balaban J connectivity index is 1.60. The second kappa shape index (κ2) is 7.44. The van der Waals surface area contributed by atoms with Crippen LogP contribution in [0.5, 0.6) is 5.75 Å². The number of ether oxygens (including phenoxy) is 2. The fourth-order valence-corrected chi connectivity index (χ4v) is 2.84. The van der Waals surface area contributed by atoms with Crippen molar-refractivity contribution in [1.82, 2.24) is 15.0 Å². The molecule has 1 atom stereocenters. The van der Waals surface area contributed by atoms with Crippen LogP contribution in [0.3, 0.4) is 0 Å². The zero-order chi connectivity index (χ0) is 16.9. The fourth-order valence-electron chi connectivity index (χ4n) is 2.84. The summed E-state index contributed by atoms with van der Waals surface area (Å²) in [4.78, 5) is 18.2. The van der Waals surface area contributed by atoms with Crippen molar-refractivity contribution in [2.24, 2.45) is 0 Å². The summed E-state index contributed by atoms with van der Waals surface area (Å²) in [6.45, 7) is 2.23. The lowest BCUT2D eigenvalue weighted by atomic mass is 9.98. The number of carbonyl (C=O) groups is 1. The second-order valence-corrected chi connectivity index (χ2v) is 5.96. The average Bonchev–Trinajstić information content (AvgIpc) is 3.08. The summed E-state index contributed by atoms with van der Waals surface area (Å²) >= 11 is 0. The van der Waals surface area contributed by atoms with E-state index in [9.17, 15) is 4.79 Å². The van der Waals surface area contributed by atoms with Gasteiger partial charge in [0.15, 0.2) is 6.61 Å². The minimum atomic E-state index is -0.399. The lowest BCUT2D eigenvalue weighted by Crippen LogP contribution is -2.30. The summed E-state index contributed by atoms with van der Waals surface area (Å²) in [5.41, 5.74) is 0.439. The molecule has 1 unspecified atom stereocenters. The maximum absolute atomic E-state index is 11.5. The Morgan fingerprint density at radius 3 is 3.12 bits per heavy atom. The molecule has 2 aromatic rings. The van der Waals surface area contributed by atoms with E-state index >= 15 is 0 Å². The van der Waals surface area contributed by atoms with E-state index in [-0.39, 0.29) is 12.5 Å². The van der Waals surface area contributed by atoms with Crippen LogP contribution in [0.4, 0.5) is 0 Å². The van der Waals surface area contributed by atoms with Crippen LogP contribution >= 0.6 is 0 Å². The van der Waals surface area contributed by atoms with Gasteiger partial charge in [0.2, 0.25) is 11.7 Å². The van der Waals surface area contributed by atoms with Crippen LogP contribution in [0.1, 0.15) is 40.8 Å². The normalized spacial score (nSPS) is 18.3. The molecule has 1 saturated heterocycles. The molecule has 1 aromatic carbocycles. The molecule has 1 aliphatic heterocycles. The monoisotopic (exact) mass is 331 g/mol. The molecule has 0 aliphatic carbocycles. The minimum absolute atomic E-state index is 0.191. The van der Waals surface area contributed by atoms with Crippen molar-refractivity contribution in [2.45, 2.75) is 25.4 Å². The van der Waals surface area contributed by atoms with Gasteiger partial charge in [0, 0.05) is 6.54 Å². The Bertz CT molecular complexity index is 701. The summed E-state index contributed by atoms with van der Waals surface area (Å²) in [5, 5.41) is 3.98. The van der Waals surface area contributed by atoms with Crippen molar-refractivity contribution in [3.8, 4) is 5.75 Å². The van der Waals surface area contributed by atoms with Crippen molar-refractivity contribution >= 4 is 5.97 Å². The molecule has 0 saturated carbocycles. The predicted octanol–water partition coefficient (Wildman–Crippen LogP) is 2.24. The van der Waals surface area contributed by atoms with E-state index in [1.54, 1.807) is 24.3 Å². The van der Waals surface area contributed by atoms with Crippen LogP contribution in [0.15, 0.2) is 28.8 Å². The Hall–Kier alpha value is -2.41. The van der Waals surface area contributed by atoms with E-state index in [0.29, 0.717) is 23.0 Å². The minimum Gasteiger partial charge on any atom is -0.485 e. The molecule has 1 fully saturated rings. The lowest BCUT2D eigenvalue weighted by molar-refractivity contribution is 0.0600. The zero-order valence-corrected chi connectivity index (χ0v) is 13.9. The first kappa shape index (κ1) is 16.4. The van der Waals surface area contributed by atoms with E-state index in [1.165, 1.54) is 7.11 Å². The molecule has 0 bridgehead atoms. The molecule has 0 amide bonds. The summed E-state index contributed by atoms with van der Waals surface area (Å²) in [6, 6.07) is 6.80. The Kier molecular flexibility index (Phi) is 5.10. The van der Waals surface area contributed by atoms with Gasteiger partial charge < -0.3 is 18.9 Å². The van der Waals surface area contributed by atoms with Crippen LogP contribution in [-0.4, -0.2) is 48.3 Å². The van der Waals surface area contributed by atoms with Crippen LogP contribution in [0, 0.1) is 0 Å². The number of hydrogen-bond acceptors (Lipinski definition) is 7. The highest BCUT2D eigenvalue weighted by Crippen LogP contribution is 2.25. The SMILES string of the molecule is COC(=O)c1cccc(OCc2noc(C3CCCN(C)C3)n2)c1. The van der Waals surface area contributed by atoms with Crippen LogP contribution in [0.2, 0.25) is 0 Å². The van der Waals surface area contributed by atoms with Crippen LogP contribution in [0.25, 0.3) is 0 Å². The van der Waals surface area contributed by atoms with Crippen molar-refractivity contribution in [1.29, 1.82) is 0 Å². The Labute approximate surface area is 140 Å². The van der Waals surface area contributed by atoms with Gasteiger partial charge in [-0.05, 0) is 44.6 Å². The Morgan fingerprint density at radius 1 is 1.46 bits per heavy atom. The third-order valence-electron chi connectivity index (χ3n) is 4.08. The highest BCUT2D eigenvalue weighted by molar-refractivity contribution is 5.89. The topological polar surface area (TPSA) is 77.7 Å². The smallest absolute Gasteiger partial charge is 0.337 e. The zero-order valence-electron chi connectivity index (χ0n) is 13.9. The van der Waals surface area contributed by atoms with Crippen LogP contribution in [-0.2, 0) is 11.3 Å². The van der Waals surface area contributed by atoms with E-state index in [2.05, 4.69) is 22.1 Å². The molecule has 7 nitrogen and oxygen atoms in total. The Morgan fingerprint density at radius 2 is 2.33 bits per heavy atom. The molecule has 1 aliphatic rings. The molecule has 1 aromatic heterocycles. The largest absolute Gasteiger partial charge is 0.485 e. The number of hydrogen-bond donors (Lipinski definition) is 0. The fraction of sp³-hybridized carbons (Fsp3) is 0.471. The lowest BCUT2D eigenvalue weighted by Gasteiger charge is -2.27. The van der Waals surface area contributed by atoms with E-state index < -0.39 is 5.97 Å². The first-order chi connectivity index (χ1) is 11.7. The number of likely N-dealkylation sites (tertiary alicyclic amines) is 1. The number of esters is 1. The van der Waals surface area contributed by atoms with Gasteiger partial charge in [-0.1, -0.05) is 11.2 Å². The first-order valence-electron chi connectivity index (χ1n) is 7.98. The first-order valence-corrected chi connectivity index (χ1v) is 7.98. The van der Waals surface area contributed by atoms with Gasteiger partial charge in [-0.25, -0.2) is 4.79 Å². The number of likely N-dealkylation sites (N-methyl/N-ethyl adjacent to an activating group) is 1. The average molecular weight is 331 g/mol. The van der Waals surface area contributed by atoms with Gasteiger partial charge in [-0.15, -0.1) is 0 Å². The second-order valence-electron chi connectivity index (χ2n) is 5.96. The maximum Gasteiger partial charge on any atom is 0.337 e. The van der Waals surface area contributed by atoms with Crippen molar-refractivity contribution in [3.63, 3.8) is 0 Å². The number of carbonyl (C=O) groups excluding carboxylic acids is 1. The molecule has 2 heterocycles. The molecule has 24 heavy (non-hydrogen) atoms. The highest BCUT2D eigenvalue weighted by Gasteiger charge is 2.24. The maximum atomic E-state index is 11.5. The molecular formula is C17H21N3O4. The number of rotatable bonds is 5. The number of piperidine rings is 1. The van der Waals surface area contributed by atoms with Gasteiger partial charge in [0.25, 0.3) is 0 Å². The van der Waals surface area contributed by atoms with Crippen molar-refractivity contribution < 1.29 is 18.8 Å². The highest BCUT2D eigenvalue weighted by atomic mass is 16.5. The van der Waals surface area contributed by atoms with Gasteiger partial charge in [-0.2, -0.15) is 4.98 Å². The molecule has 0 N–H and O–H groups in total. The summed E-state index contributed by atoms with van der Waals surface area (Å²) < 4.78 is 15.7. The number of benzene rings is 1. The number of methoxy groups -OCH3 is 1. The quantitative estimate of drug-likeness (QED) is 0.778. The predicted molar refractivity (Wildman–Crippen MR) is 85.9 cm³/mol. The molecule has 3 rings (SSSR count). The summed E-state index contributed by atoms with van der Waals surface area (Å²) in [5.74, 6) is 1.61. The molecule has 128 valence electrons. The standard InChI is InChI=1S/C17H21N3O4/c1-20-8-4-6-13(10-20)16-18-15(19-24-16)11-23-14-7-3-5-12(9-14)17(21)22-2/h3,5,7,9,13H,4,6,8,10-11H2,1-2H3. The molecular weight excluding hydrogens is 310 g/mol. The van der Waals surface area contributed by atoms with Gasteiger partial charge in [-0.3, -0.25) is 0 Å².